The lowest BCUT2D eigenvalue weighted by atomic mass is 10.0. The Morgan fingerprint density at radius 3 is 2.73 bits per heavy atom. The van der Waals surface area contributed by atoms with Crippen LogP contribution in [0.1, 0.15) is 35.3 Å². The van der Waals surface area contributed by atoms with Crippen molar-refractivity contribution in [1.29, 1.82) is 0 Å². The molecule has 4 rings (SSSR count). The van der Waals surface area contributed by atoms with Crippen molar-refractivity contribution < 1.29 is 14.7 Å². The van der Waals surface area contributed by atoms with Crippen molar-refractivity contribution in [3.8, 4) is 0 Å². The highest BCUT2D eigenvalue weighted by atomic mass is 35.5. The molecule has 3 N–H and O–H groups in total. The number of piperidine rings is 1. The Hall–Kier alpha value is -2.83. The molecule has 1 unspecified atom stereocenters. The van der Waals surface area contributed by atoms with E-state index in [2.05, 4.69) is 10.3 Å². The average molecular weight is 426 g/mol. The fourth-order valence-corrected chi connectivity index (χ4v) is 4.06. The molecule has 2 heterocycles. The van der Waals surface area contributed by atoms with Gasteiger partial charge in [-0.2, -0.15) is 0 Å². The van der Waals surface area contributed by atoms with Crippen LogP contribution in [-0.4, -0.2) is 45.6 Å². The molecule has 0 radical (unpaired) electrons. The zero-order chi connectivity index (χ0) is 21.1. The highest BCUT2D eigenvalue weighted by Gasteiger charge is 2.32. The van der Waals surface area contributed by atoms with E-state index in [1.807, 2.05) is 36.4 Å². The van der Waals surface area contributed by atoms with Gasteiger partial charge in [0.1, 0.15) is 18.0 Å². The van der Waals surface area contributed by atoms with Crippen LogP contribution < -0.4 is 5.32 Å². The van der Waals surface area contributed by atoms with E-state index in [-0.39, 0.29) is 11.8 Å². The molecule has 156 valence electrons. The van der Waals surface area contributed by atoms with Crippen LogP contribution in [0.2, 0.25) is 5.02 Å². The summed E-state index contributed by atoms with van der Waals surface area (Å²) < 4.78 is 0. The van der Waals surface area contributed by atoms with Gasteiger partial charge in [-0.25, -0.2) is 0 Å². The number of aromatic amines is 1. The van der Waals surface area contributed by atoms with E-state index in [9.17, 15) is 14.7 Å². The minimum Gasteiger partial charge on any atom is -0.374 e. The number of fused-ring (bicyclic) bond motifs is 1. The minimum atomic E-state index is -0.809. The van der Waals surface area contributed by atoms with Crippen molar-refractivity contribution in [1.82, 2.24) is 15.2 Å². The summed E-state index contributed by atoms with van der Waals surface area (Å²) in [6.07, 6.45) is 1.83. The van der Waals surface area contributed by atoms with E-state index in [4.69, 9.17) is 11.6 Å². The first-order valence-corrected chi connectivity index (χ1v) is 10.5. The van der Waals surface area contributed by atoms with Gasteiger partial charge in [-0.3, -0.25) is 9.59 Å². The summed E-state index contributed by atoms with van der Waals surface area (Å²) in [4.78, 5) is 30.7. The third-order valence-electron chi connectivity index (χ3n) is 5.47. The molecule has 30 heavy (non-hydrogen) atoms. The SMILES string of the molecule is O=C(N[C@@H](Cc1ccccc1)C(=O)N1CCCCC1O)c1cc2cc(Cl)ccc2[nH]1. The maximum Gasteiger partial charge on any atom is 0.268 e. The highest BCUT2D eigenvalue weighted by molar-refractivity contribution is 6.31. The quantitative estimate of drug-likeness (QED) is 0.585. The van der Waals surface area contributed by atoms with E-state index in [1.54, 1.807) is 18.2 Å². The molecule has 3 aromatic rings. The number of likely N-dealkylation sites (tertiary alicyclic amines) is 1. The molecule has 0 saturated carbocycles. The first-order valence-electron chi connectivity index (χ1n) is 10.1. The molecule has 1 aliphatic heterocycles. The summed E-state index contributed by atoms with van der Waals surface area (Å²) >= 11 is 6.04. The van der Waals surface area contributed by atoms with Gasteiger partial charge in [-0.1, -0.05) is 41.9 Å². The van der Waals surface area contributed by atoms with Gasteiger partial charge in [-0.15, -0.1) is 0 Å². The number of rotatable bonds is 5. The first kappa shape index (κ1) is 20.4. The second kappa shape index (κ2) is 8.90. The monoisotopic (exact) mass is 425 g/mol. The standard InChI is InChI=1S/C23H24ClN3O3/c24-17-9-10-18-16(13-17)14-19(25-18)22(29)26-20(12-15-6-2-1-3-7-15)23(30)27-11-5-4-8-21(27)28/h1-3,6-7,9-10,13-14,20-21,25,28H,4-5,8,11-12H2,(H,26,29)/t20-,21?/m0/s1. The Kier molecular flexibility index (Phi) is 6.06. The summed E-state index contributed by atoms with van der Waals surface area (Å²) in [5.41, 5.74) is 2.09. The minimum absolute atomic E-state index is 0.265. The number of carbonyl (C=O) groups excluding carboxylic acids is 2. The first-order chi connectivity index (χ1) is 14.5. The fraction of sp³-hybridized carbons (Fsp3) is 0.304. The molecule has 1 saturated heterocycles. The normalized spacial score (nSPS) is 17.7. The molecule has 2 aromatic carbocycles. The number of hydrogen-bond donors (Lipinski definition) is 3. The molecular weight excluding hydrogens is 402 g/mol. The lowest BCUT2D eigenvalue weighted by molar-refractivity contribution is -0.146. The van der Waals surface area contributed by atoms with Crippen molar-refractivity contribution >= 4 is 34.3 Å². The second-order valence-corrected chi connectivity index (χ2v) is 8.07. The summed E-state index contributed by atoms with van der Waals surface area (Å²) in [5, 5.41) is 14.6. The lowest BCUT2D eigenvalue weighted by Gasteiger charge is -2.35. The Bertz CT molecular complexity index is 1050. The van der Waals surface area contributed by atoms with Crippen molar-refractivity contribution in [2.75, 3.05) is 6.54 Å². The number of hydrogen-bond acceptors (Lipinski definition) is 3. The van der Waals surface area contributed by atoms with Gasteiger partial charge >= 0.3 is 0 Å². The van der Waals surface area contributed by atoms with E-state index >= 15 is 0 Å². The number of aliphatic hydroxyl groups is 1. The number of aromatic nitrogens is 1. The Labute approximate surface area is 179 Å². The number of H-pyrrole nitrogens is 1. The smallest absolute Gasteiger partial charge is 0.268 e. The van der Waals surface area contributed by atoms with E-state index in [0.717, 1.165) is 29.3 Å². The summed E-state index contributed by atoms with van der Waals surface area (Å²) in [5.74, 6) is -0.637. The predicted molar refractivity (Wildman–Crippen MR) is 116 cm³/mol. The number of benzene rings is 2. The van der Waals surface area contributed by atoms with Crippen LogP contribution >= 0.6 is 11.6 Å². The second-order valence-electron chi connectivity index (χ2n) is 7.64. The summed E-state index contributed by atoms with van der Waals surface area (Å²) in [7, 11) is 0. The number of halogens is 1. The van der Waals surface area contributed by atoms with Crippen molar-refractivity contribution in [3.63, 3.8) is 0 Å². The lowest BCUT2D eigenvalue weighted by Crippen LogP contribution is -2.54. The number of aliphatic hydroxyl groups excluding tert-OH is 1. The maximum absolute atomic E-state index is 13.2. The van der Waals surface area contributed by atoms with Crippen molar-refractivity contribution in [2.24, 2.45) is 0 Å². The highest BCUT2D eigenvalue weighted by Crippen LogP contribution is 2.21. The van der Waals surface area contributed by atoms with Gasteiger partial charge < -0.3 is 20.3 Å². The predicted octanol–water partition coefficient (Wildman–Crippen LogP) is 3.49. The molecule has 1 fully saturated rings. The van der Waals surface area contributed by atoms with Crippen LogP contribution in [0, 0.1) is 0 Å². The van der Waals surface area contributed by atoms with Crippen LogP contribution in [0.4, 0.5) is 0 Å². The van der Waals surface area contributed by atoms with Gasteiger partial charge in [0.15, 0.2) is 0 Å². The topological polar surface area (TPSA) is 85.4 Å². The van der Waals surface area contributed by atoms with Crippen LogP contribution in [-0.2, 0) is 11.2 Å². The average Bonchev–Trinajstić information content (AvgIpc) is 3.17. The number of nitrogens with zero attached hydrogens (tertiary/aromatic N) is 1. The van der Waals surface area contributed by atoms with Crippen molar-refractivity contribution in [2.45, 2.75) is 38.0 Å². The van der Waals surface area contributed by atoms with Gasteiger partial charge in [0.05, 0.1) is 0 Å². The molecule has 1 aromatic heterocycles. The summed E-state index contributed by atoms with van der Waals surface area (Å²) in [6, 6.07) is 15.8. The Morgan fingerprint density at radius 1 is 1.17 bits per heavy atom. The Morgan fingerprint density at radius 2 is 1.97 bits per heavy atom. The Balaban J connectivity index is 1.57. The molecular formula is C23H24ClN3O3. The number of carbonyl (C=O) groups is 2. The molecule has 0 aliphatic carbocycles. The maximum atomic E-state index is 13.2. The van der Waals surface area contributed by atoms with Gasteiger partial charge in [0.25, 0.3) is 5.91 Å². The zero-order valence-electron chi connectivity index (χ0n) is 16.5. The number of amides is 2. The molecule has 2 amide bonds. The molecule has 1 aliphatic rings. The third-order valence-corrected chi connectivity index (χ3v) is 5.70. The molecule has 0 bridgehead atoms. The van der Waals surface area contributed by atoms with E-state index < -0.39 is 12.3 Å². The van der Waals surface area contributed by atoms with Crippen LogP contribution in [0.3, 0.4) is 0 Å². The summed E-state index contributed by atoms with van der Waals surface area (Å²) in [6.45, 7) is 0.492. The largest absolute Gasteiger partial charge is 0.374 e. The van der Waals surface area contributed by atoms with Crippen LogP contribution in [0.5, 0.6) is 0 Å². The fourth-order valence-electron chi connectivity index (χ4n) is 3.88. The number of nitrogens with one attached hydrogen (secondary N) is 2. The van der Waals surface area contributed by atoms with E-state index in [0.29, 0.717) is 30.1 Å². The third kappa shape index (κ3) is 4.50. The molecule has 2 atom stereocenters. The molecule has 7 heteroatoms. The molecule has 0 spiro atoms. The van der Waals surface area contributed by atoms with Gasteiger partial charge in [0, 0.05) is 28.9 Å². The van der Waals surface area contributed by atoms with Crippen LogP contribution in [0.25, 0.3) is 10.9 Å². The zero-order valence-corrected chi connectivity index (χ0v) is 17.2. The van der Waals surface area contributed by atoms with Crippen molar-refractivity contribution in [3.05, 3.63) is 70.9 Å². The van der Waals surface area contributed by atoms with Gasteiger partial charge in [0.2, 0.25) is 5.91 Å². The van der Waals surface area contributed by atoms with E-state index in [1.165, 1.54) is 4.90 Å². The molecule has 6 nitrogen and oxygen atoms in total. The van der Waals surface area contributed by atoms with Gasteiger partial charge in [-0.05, 0) is 49.1 Å². The van der Waals surface area contributed by atoms with Crippen LogP contribution in [0.15, 0.2) is 54.6 Å².